The van der Waals surface area contributed by atoms with Gasteiger partial charge in [0.1, 0.15) is 5.82 Å². The fourth-order valence-electron chi connectivity index (χ4n) is 3.52. The second-order valence-electron chi connectivity index (χ2n) is 7.95. The smallest absolute Gasteiger partial charge is 0.325 e. The first-order valence-corrected chi connectivity index (χ1v) is 11.6. The number of benzene rings is 2. The second-order valence-corrected chi connectivity index (χ2v) is 8.89. The van der Waals surface area contributed by atoms with Crippen LogP contribution < -0.4 is 16.6 Å². The number of hydrogen-bond donors (Lipinski definition) is 3. The van der Waals surface area contributed by atoms with Crippen molar-refractivity contribution in [2.24, 2.45) is 0 Å². The van der Waals surface area contributed by atoms with E-state index in [1.54, 1.807) is 0 Å². The van der Waals surface area contributed by atoms with Gasteiger partial charge in [0.05, 0.1) is 5.75 Å². The van der Waals surface area contributed by atoms with Crippen molar-refractivity contribution in [2.45, 2.75) is 32.3 Å². The third-order valence-electron chi connectivity index (χ3n) is 5.34. The van der Waals surface area contributed by atoms with E-state index >= 15 is 0 Å². The first-order valence-electron chi connectivity index (χ1n) is 10.6. The molecule has 2 aromatic carbocycles. The number of anilines is 1. The monoisotopic (exact) mass is 476 g/mol. The normalized spacial score (nSPS) is 10.9. The molecule has 0 aliphatic rings. The number of nitrogens with zero attached hydrogens (tertiary/aromatic N) is 3. The largest absolute Gasteiger partial charge is 0.325 e. The van der Waals surface area contributed by atoms with Crippen LogP contribution in [0.1, 0.15) is 28.2 Å². The molecule has 0 saturated heterocycles. The number of hydrogen-bond acceptors (Lipinski definition) is 6. The highest BCUT2D eigenvalue weighted by atomic mass is 32.2. The Hall–Kier alpha value is -3.92. The molecule has 1 amide bonds. The quantitative estimate of drug-likeness (QED) is 0.352. The number of aryl methyl sites for hydroxylation is 2. The van der Waals surface area contributed by atoms with Crippen molar-refractivity contribution < 1.29 is 4.79 Å². The predicted molar refractivity (Wildman–Crippen MR) is 132 cm³/mol. The van der Waals surface area contributed by atoms with Crippen molar-refractivity contribution in [1.82, 2.24) is 24.7 Å². The Labute approximate surface area is 199 Å². The van der Waals surface area contributed by atoms with Gasteiger partial charge in [0.2, 0.25) is 5.91 Å². The molecule has 2 aromatic heterocycles. The van der Waals surface area contributed by atoms with Crippen LogP contribution in [0, 0.1) is 20.8 Å². The van der Waals surface area contributed by atoms with E-state index < -0.39 is 11.2 Å². The molecule has 174 valence electrons. The zero-order valence-electron chi connectivity index (χ0n) is 19.0. The molecule has 0 spiro atoms. The highest BCUT2D eigenvalue weighted by molar-refractivity contribution is 7.99. The molecule has 3 N–H and O–H groups in total. The maximum atomic E-state index is 12.7. The third kappa shape index (κ3) is 5.34. The summed E-state index contributed by atoms with van der Waals surface area (Å²) in [5.41, 5.74) is 4.13. The summed E-state index contributed by atoms with van der Waals surface area (Å²) in [5, 5.41) is 12.1. The maximum absolute atomic E-state index is 12.7. The van der Waals surface area contributed by atoms with Crippen LogP contribution >= 0.6 is 11.8 Å². The van der Waals surface area contributed by atoms with E-state index in [4.69, 9.17) is 0 Å². The van der Waals surface area contributed by atoms with Crippen molar-refractivity contribution in [3.05, 3.63) is 97.6 Å². The zero-order valence-corrected chi connectivity index (χ0v) is 19.8. The average Bonchev–Trinajstić information content (AvgIpc) is 3.17. The van der Waals surface area contributed by atoms with Crippen LogP contribution in [0.4, 0.5) is 5.69 Å². The summed E-state index contributed by atoms with van der Waals surface area (Å²) >= 11 is 1.26. The van der Waals surface area contributed by atoms with E-state index in [0.29, 0.717) is 16.7 Å². The molecular formula is C24H24N6O3S. The molecule has 4 rings (SSSR count). The lowest BCUT2D eigenvalue weighted by Gasteiger charge is -2.12. The molecule has 0 bridgehead atoms. The second kappa shape index (κ2) is 9.92. The third-order valence-corrected chi connectivity index (χ3v) is 6.26. The molecule has 10 heteroatoms. The van der Waals surface area contributed by atoms with Crippen LogP contribution in [0.3, 0.4) is 0 Å². The number of nitrogens with one attached hydrogen (secondary N) is 3. The van der Waals surface area contributed by atoms with Gasteiger partial charge in [-0.3, -0.25) is 19.1 Å². The van der Waals surface area contributed by atoms with E-state index in [0.717, 1.165) is 28.1 Å². The highest BCUT2D eigenvalue weighted by Gasteiger charge is 2.17. The lowest BCUT2D eigenvalue weighted by Crippen LogP contribution is -2.23. The highest BCUT2D eigenvalue weighted by Crippen LogP contribution is 2.24. The number of carbonyl (C=O) groups excluding carboxylic acids is 1. The molecular weight excluding hydrogens is 452 g/mol. The molecule has 0 unspecified atom stereocenters. The Bertz CT molecular complexity index is 1440. The van der Waals surface area contributed by atoms with E-state index in [1.807, 2.05) is 67.8 Å². The van der Waals surface area contributed by atoms with Gasteiger partial charge in [-0.05, 0) is 55.7 Å². The van der Waals surface area contributed by atoms with Crippen molar-refractivity contribution in [3.63, 3.8) is 0 Å². The number of amides is 1. The topological polar surface area (TPSA) is 126 Å². The number of carbonyl (C=O) groups is 1. The standard InChI is InChI=1S/C24H24N6O3S/c1-14-6-4-8-18(10-14)30-20(11-17-12-21(31)27-23(33)25-17)28-29-24(30)34-13-22(32)26-19-9-5-7-15(2)16(19)3/h4-10,12H,11,13H2,1-3H3,(H,26,32)(H2,25,27,31,33). The van der Waals surface area contributed by atoms with E-state index in [2.05, 4.69) is 25.5 Å². The minimum Gasteiger partial charge on any atom is -0.325 e. The summed E-state index contributed by atoms with van der Waals surface area (Å²) in [6, 6.07) is 14.9. The number of aromatic amines is 2. The van der Waals surface area contributed by atoms with E-state index in [9.17, 15) is 14.4 Å². The number of rotatable bonds is 7. The molecule has 0 saturated carbocycles. The number of thioether (sulfide) groups is 1. The molecule has 0 aliphatic heterocycles. The Morgan fingerprint density at radius 2 is 1.82 bits per heavy atom. The molecule has 2 heterocycles. The predicted octanol–water partition coefficient (Wildman–Crippen LogP) is 2.89. The molecule has 4 aromatic rings. The van der Waals surface area contributed by atoms with Gasteiger partial charge in [-0.15, -0.1) is 10.2 Å². The lowest BCUT2D eigenvalue weighted by molar-refractivity contribution is -0.113. The molecule has 0 radical (unpaired) electrons. The summed E-state index contributed by atoms with van der Waals surface area (Å²) in [7, 11) is 0. The van der Waals surface area contributed by atoms with Crippen LogP contribution in [0.25, 0.3) is 5.69 Å². The first-order chi connectivity index (χ1) is 16.3. The number of H-pyrrole nitrogens is 2. The molecule has 34 heavy (non-hydrogen) atoms. The minimum absolute atomic E-state index is 0.138. The summed E-state index contributed by atoms with van der Waals surface area (Å²) in [4.78, 5) is 40.8. The minimum atomic E-state index is -0.582. The van der Waals surface area contributed by atoms with Gasteiger partial charge in [0.25, 0.3) is 5.56 Å². The summed E-state index contributed by atoms with van der Waals surface area (Å²) in [5.74, 6) is 0.515. The van der Waals surface area contributed by atoms with Gasteiger partial charge in [0, 0.05) is 29.6 Å². The van der Waals surface area contributed by atoms with Gasteiger partial charge >= 0.3 is 5.69 Å². The SMILES string of the molecule is Cc1cccc(-n2c(Cc3cc(=O)[nH]c(=O)[nH]3)nnc2SCC(=O)Nc2cccc(C)c2C)c1. The first kappa shape index (κ1) is 23.2. The maximum Gasteiger partial charge on any atom is 0.325 e. The molecule has 0 fully saturated rings. The van der Waals surface area contributed by atoms with Crippen LogP contribution in [0.15, 0.2) is 63.3 Å². The van der Waals surface area contributed by atoms with Crippen molar-refractivity contribution in [1.29, 1.82) is 0 Å². The lowest BCUT2D eigenvalue weighted by atomic mass is 10.1. The van der Waals surface area contributed by atoms with E-state index in [-0.39, 0.29) is 18.1 Å². The fraction of sp³-hybridized carbons (Fsp3) is 0.208. The number of aromatic nitrogens is 5. The molecule has 0 aliphatic carbocycles. The van der Waals surface area contributed by atoms with Gasteiger partial charge in [-0.25, -0.2) is 4.79 Å². The van der Waals surface area contributed by atoms with Crippen molar-refractivity contribution in [2.75, 3.05) is 11.1 Å². The van der Waals surface area contributed by atoms with Crippen LogP contribution in [-0.4, -0.2) is 36.4 Å². The van der Waals surface area contributed by atoms with Gasteiger partial charge in [0.15, 0.2) is 5.16 Å². The summed E-state index contributed by atoms with van der Waals surface area (Å²) in [6.45, 7) is 5.95. The van der Waals surface area contributed by atoms with Gasteiger partial charge in [-0.1, -0.05) is 36.0 Å². The Morgan fingerprint density at radius 1 is 1.03 bits per heavy atom. The fourth-order valence-corrected chi connectivity index (χ4v) is 4.29. The molecule has 0 atom stereocenters. The van der Waals surface area contributed by atoms with Gasteiger partial charge < -0.3 is 10.3 Å². The van der Waals surface area contributed by atoms with Gasteiger partial charge in [-0.2, -0.15) is 0 Å². The zero-order chi connectivity index (χ0) is 24.2. The molecule has 9 nitrogen and oxygen atoms in total. The average molecular weight is 477 g/mol. The summed E-state index contributed by atoms with van der Waals surface area (Å²) in [6.07, 6.45) is 0.190. The van der Waals surface area contributed by atoms with Crippen molar-refractivity contribution in [3.8, 4) is 5.69 Å². The van der Waals surface area contributed by atoms with Crippen LogP contribution in [0.2, 0.25) is 0 Å². The Balaban J connectivity index is 1.60. The summed E-state index contributed by atoms with van der Waals surface area (Å²) < 4.78 is 1.84. The van der Waals surface area contributed by atoms with Crippen LogP contribution in [-0.2, 0) is 11.2 Å². The van der Waals surface area contributed by atoms with Crippen molar-refractivity contribution >= 4 is 23.4 Å². The van der Waals surface area contributed by atoms with E-state index in [1.165, 1.54) is 17.8 Å². The van der Waals surface area contributed by atoms with Crippen LogP contribution in [0.5, 0.6) is 0 Å². The Kier molecular flexibility index (Phi) is 6.78. The Morgan fingerprint density at radius 3 is 2.59 bits per heavy atom.